The van der Waals surface area contributed by atoms with Gasteiger partial charge in [-0.2, -0.15) is 0 Å². The van der Waals surface area contributed by atoms with E-state index < -0.39 is 10.0 Å². The van der Waals surface area contributed by atoms with Crippen molar-refractivity contribution in [3.8, 4) is 0 Å². The Balaban J connectivity index is 1.22. The van der Waals surface area contributed by atoms with Crippen molar-refractivity contribution in [1.82, 2.24) is 14.2 Å². The molecule has 1 aliphatic carbocycles. The van der Waals surface area contributed by atoms with Gasteiger partial charge in [0.1, 0.15) is 5.82 Å². The number of amides is 1. The van der Waals surface area contributed by atoms with Gasteiger partial charge in [-0.1, -0.05) is 23.7 Å². The lowest BCUT2D eigenvalue weighted by molar-refractivity contribution is -0.143. The van der Waals surface area contributed by atoms with E-state index in [1.807, 2.05) is 9.47 Å². The van der Waals surface area contributed by atoms with Gasteiger partial charge in [0.2, 0.25) is 15.9 Å². The fourth-order valence-corrected chi connectivity index (χ4v) is 8.07. The zero-order chi connectivity index (χ0) is 30.0. The lowest BCUT2D eigenvalue weighted by Gasteiger charge is -2.33. The zero-order valence-electron chi connectivity index (χ0n) is 23.9. The third-order valence-corrected chi connectivity index (χ3v) is 10.5. The smallest absolute Gasteiger partial charge is 0.306 e. The van der Waals surface area contributed by atoms with Crippen LogP contribution in [0.15, 0.2) is 47.4 Å². The Morgan fingerprint density at radius 2 is 1.79 bits per heavy atom. The Bertz CT molecular complexity index is 1570. The van der Waals surface area contributed by atoms with E-state index in [-0.39, 0.29) is 47.0 Å². The summed E-state index contributed by atoms with van der Waals surface area (Å²) in [4.78, 5) is 27.3. The van der Waals surface area contributed by atoms with E-state index in [2.05, 4.69) is 4.72 Å². The zero-order valence-corrected chi connectivity index (χ0v) is 25.5. The molecule has 0 radical (unpaired) electrons. The van der Waals surface area contributed by atoms with Gasteiger partial charge in [-0.25, -0.2) is 17.5 Å². The molecule has 2 heterocycles. The van der Waals surface area contributed by atoms with Crippen LogP contribution in [0.2, 0.25) is 5.02 Å². The van der Waals surface area contributed by atoms with Crippen molar-refractivity contribution < 1.29 is 27.1 Å². The summed E-state index contributed by atoms with van der Waals surface area (Å²) < 4.78 is 49.8. The Hall–Kier alpha value is -2.95. The maximum absolute atomic E-state index is 13.4. The highest BCUT2D eigenvalue weighted by Crippen LogP contribution is 2.37. The van der Waals surface area contributed by atoms with Gasteiger partial charge in [0.15, 0.2) is 0 Å². The number of fused-ring (bicyclic) bond motifs is 1. The first-order chi connectivity index (χ1) is 20.1. The summed E-state index contributed by atoms with van der Waals surface area (Å²) in [6.07, 6.45) is 4.68. The minimum atomic E-state index is -3.81. The molecule has 1 atom stereocenters. The number of rotatable bonds is 9. The van der Waals surface area contributed by atoms with Crippen LogP contribution in [0.4, 0.5) is 4.39 Å². The molecule has 2 aromatic carbocycles. The van der Waals surface area contributed by atoms with Gasteiger partial charge in [0.25, 0.3) is 0 Å². The number of sulfonamides is 1. The SMILES string of the molecule is CCOC(=O)CCc1c(Cl)c2ccc(S(=O)(=O)N[C@H]3CC[C@H](C(=O)N4CCCC4c4ccc(F)cc4)CC3)cc2n1C. The molecular weight excluding hydrogens is 581 g/mol. The summed E-state index contributed by atoms with van der Waals surface area (Å²) >= 11 is 6.60. The van der Waals surface area contributed by atoms with E-state index in [0.29, 0.717) is 55.8 Å². The predicted molar refractivity (Wildman–Crippen MR) is 159 cm³/mol. The van der Waals surface area contributed by atoms with Gasteiger partial charge < -0.3 is 14.2 Å². The van der Waals surface area contributed by atoms with Crippen LogP contribution in [-0.2, 0) is 37.8 Å². The molecule has 8 nitrogen and oxygen atoms in total. The molecule has 1 amide bonds. The molecule has 11 heteroatoms. The number of nitrogens with zero attached hydrogens (tertiary/aromatic N) is 2. The number of aryl methyl sites for hydroxylation is 1. The summed E-state index contributed by atoms with van der Waals surface area (Å²) in [6, 6.07) is 10.9. The van der Waals surface area contributed by atoms with Gasteiger partial charge in [-0.05, 0) is 87.8 Å². The number of carbonyl (C=O) groups excluding carboxylic acids is 2. The van der Waals surface area contributed by atoms with Gasteiger partial charge in [0, 0.05) is 36.6 Å². The van der Waals surface area contributed by atoms with E-state index in [1.165, 1.54) is 12.1 Å². The molecule has 1 aromatic heterocycles. The Kier molecular flexibility index (Phi) is 9.25. The van der Waals surface area contributed by atoms with Crippen LogP contribution < -0.4 is 4.72 Å². The molecule has 1 unspecified atom stereocenters. The van der Waals surface area contributed by atoms with E-state index in [1.54, 1.807) is 44.3 Å². The largest absolute Gasteiger partial charge is 0.466 e. The number of hydrogen-bond donors (Lipinski definition) is 1. The normalized spacial score (nSPS) is 21.1. The monoisotopic (exact) mass is 617 g/mol. The minimum Gasteiger partial charge on any atom is -0.466 e. The number of carbonyl (C=O) groups is 2. The summed E-state index contributed by atoms with van der Waals surface area (Å²) in [5.74, 6) is -0.649. The van der Waals surface area contributed by atoms with Crippen molar-refractivity contribution >= 4 is 44.4 Å². The lowest BCUT2D eigenvalue weighted by Crippen LogP contribution is -2.42. The minimum absolute atomic E-state index is 0.0408. The molecule has 0 bridgehead atoms. The molecule has 3 aromatic rings. The number of benzene rings is 2. The quantitative estimate of drug-likeness (QED) is 0.312. The van der Waals surface area contributed by atoms with Gasteiger partial charge in [-0.3, -0.25) is 9.59 Å². The third kappa shape index (κ3) is 6.35. The van der Waals surface area contributed by atoms with Crippen molar-refractivity contribution in [1.29, 1.82) is 0 Å². The summed E-state index contributed by atoms with van der Waals surface area (Å²) in [7, 11) is -2.01. The first kappa shape index (κ1) is 30.5. The number of halogens is 2. The molecule has 2 aliphatic rings. The van der Waals surface area contributed by atoms with Crippen LogP contribution in [0.1, 0.15) is 69.2 Å². The molecule has 1 saturated carbocycles. The summed E-state index contributed by atoms with van der Waals surface area (Å²) in [5.41, 5.74) is 2.36. The molecule has 226 valence electrons. The molecule has 42 heavy (non-hydrogen) atoms. The maximum Gasteiger partial charge on any atom is 0.306 e. The van der Waals surface area contributed by atoms with Crippen molar-refractivity contribution in [3.63, 3.8) is 0 Å². The average molecular weight is 618 g/mol. The molecule has 1 saturated heterocycles. The van der Waals surface area contributed by atoms with Crippen LogP contribution in [0.25, 0.3) is 10.9 Å². The molecule has 1 N–H and O–H groups in total. The van der Waals surface area contributed by atoms with Crippen LogP contribution in [0.5, 0.6) is 0 Å². The summed E-state index contributed by atoms with van der Waals surface area (Å²) in [6.45, 7) is 2.75. The van der Waals surface area contributed by atoms with Crippen molar-refractivity contribution in [2.24, 2.45) is 13.0 Å². The first-order valence-corrected chi connectivity index (χ1v) is 16.5. The highest BCUT2D eigenvalue weighted by molar-refractivity contribution is 7.89. The topological polar surface area (TPSA) is 97.7 Å². The third-order valence-electron chi connectivity index (χ3n) is 8.60. The molecular formula is C31H37ClFN3O5S. The summed E-state index contributed by atoms with van der Waals surface area (Å²) in [5, 5.41) is 1.22. The fourth-order valence-electron chi connectivity index (χ4n) is 6.36. The lowest BCUT2D eigenvalue weighted by atomic mass is 9.85. The highest BCUT2D eigenvalue weighted by Gasteiger charge is 2.36. The first-order valence-electron chi connectivity index (χ1n) is 14.6. The van der Waals surface area contributed by atoms with Crippen molar-refractivity contribution in [2.45, 2.75) is 75.3 Å². The Morgan fingerprint density at radius 1 is 1.07 bits per heavy atom. The van der Waals surface area contributed by atoms with E-state index in [0.717, 1.165) is 29.5 Å². The van der Waals surface area contributed by atoms with Crippen LogP contribution in [0.3, 0.4) is 0 Å². The van der Waals surface area contributed by atoms with E-state index >= 15 is 0 Å². The van der Waals surface area contributed by atoms with E-state index in [9.17, 15) is 22.4 Å². The van der Waals surface area contributed by atoms with Crippen molar-refractivity contribution in [3.05, 3.63) is 64.6 Å². The Morgan fingerprint density at radius 3 is 2.48 bits per heavy atom. The second-order valence-electron chi connectivity index (χ2n) is 11.2. The average Bonchev–Trinajstić information content (AvgIpc) is 3.55. The fraction of sp³-hybridized carbons (Fsp3) is 0.484. The highest BCUT2D eigenvalue weighted by atomic mass is 35.5. The number of nitrogens with one attached hydrogen (secondary N) is 1. The maximum atomic E-state index is 13.4. The number of ether oxygens (including phenoxy) is 1. The number of likely N-dealkylation sites (tertiary alicyclic amines) is 1. The van der Waals surface area contributed by atoms with Crippen molar-refractivity contribution in [2.75, 3.05) is 13.2 Å². The number of aromatic nitrogens is 1. The van der Waals surface area contributed by atoms with Gasteiger partial charge in [0.05, 0.1) is 34.5 Å². The van der Waals surface area contributed by atoms with Gasteiger partial charge in [-0.15, -0.1) is 0 Å². The molecule has 0 spiro atoms. The van der Waals surface area contributed by atoms with Crippen LogP contribution in [0, 0.1) is 11.7 Å². The Labute approximate surface area is 251 Å². The number of hydrogen-bond acceptors (Lipinski definition) is 5. The predicted octanol–water partition coefficient (Wildman–Crippen LogP) is 5.67. The van der Waals surface area contributed by atoms with Crippen LogP contribution in [-0.4, -0.2) is 49.0 Å². The molecule has 5 rings (SSSR count). The molecule has 2 fully saturated rings. The number of esters is 1. The van der Waals surface area contributed by atoms with E-state index in [4.69, 9.17) is 16.3 Å². The standard InChI is InChI=1S/C31H37ClFN3O5S/c1-3-41-29(37)17-16-27-30(32)25-15-14-24(19-28(25)35(27)2)42(39,40)34-23-12-8-21(9-13-23)31(38)36-18-4-5-26(36)20-6-10-22(33)11-7-20/h6-7,10-11,14-15,19,21,23,26,34H,3-5,8-9,12-13,16-18H2,1-2H3/t21-,23-,26?. The second-order valence-corrected chi connectivity index (χ2v) is 13.3. The van der Waals surface area contributed by atoms with Gasteiger partial charge >= 0.3 is 5.97 Å². The second kappa shape index (κ2) is 12.7. The molecule has 1 aliphatic heterocycles. The van der Waals surface area contributed by atoms with Crippen LogP contribution >= 0.6 is 11.6 Å².